The van der Waals surface area contributed by atoms with Gasteiger partial charge in [-0.3, -0.25) is 4.79 Å². The van der Waals surface area contributed by atoms with Crippen molar-refractivity contribution in [1.82, 2.24) is 5.32 Å². The van der Waals surface area contributed by atoms with Gasteiger partial charge in [0, 0.05) is 12.6 Å². The molecule has 1 unspecified atom stereocenters. The molecule has 0 spiro atoms. The Morgan fingerprint density at radius 2 is 2.00 bits per heavy atom. The summed E-state index contributed by atoms with van der Waals surface area (Å²) < 4.78 is 0. The fraction of sp³-hybridized carbons (Fsp3) is 0.429. The number of aliphatic hydroxyl groups excluding tert-OH is 1. The smallest absolute Gasteiger partial charge is 0.335 e. The van der Waals surface area contributed by atoms with E-state index in [9.17, 15) is 9.59 Å². The number of carboxylic acids is 1. The Hall–Kier alpha value is -1.88. The highest BCUT2D eigenvalue weighted by Gasteiger charge is 2.14. The van der Waals surface area contributed by atoms with Crippen LogP contribution in [0.4, 0.5) is 0 Å². The van der Waals surface area contributed by atoms with E-state index < -0.39 is 5.97 Å². The van der Waals surface area contributed by atoms with E-state index in [1.807, 2.05) is 6.92 Å². The summed E-state index contributed by atoms with van der Waals surface area (Å²) in [5, 5.41) is 20.7. The first-order valence-corrected chi connectivity index (χ1v) is 6.29. The molecule has 1 aromatic rings. The van der Waals surface area contributed by atoms with Gasteiger partial charge in [0.1, 0.15) is 0 Å². The largest absolute Gasteiger partial charge is 0.478 e. The number of carbonyl (C=O) groups is 2. The Balaban J connectivity index is 2.69. The van der Waals surface area contributed by atoms with Crippen molar-refractivity contribution in [2.45, 2.75) is 32.2 Å². The molecule has 0 saturated carbocycles. The zero-order valence-electron chi connectivity index (χ0n) is 10.9. The highest BCUT2D eigenvalue weighted by atomic mass is 16.4. The zero-order valence-corrected chi connectivity index (χ0v) is 10.9. The van der Waals surface area contributed by atoms with Crippen LogP contribution in [-0.4, -0.2) is 34.7 Å². The predicted molar refractivity (Wildman–Crippen MR) is 71.0 cm³/mol. The lowest BCUT2D eigenvalue weighted by molar-refractivity contribution is -0.121. The molecule has 1 aromatic carbocycles. The van der Waals surface area contributed by atoms with Crippen LogP contribution in [0, 0.1) is 0 Å². The van der Waals surface area contributed by atoms with Gasteiger partial charge in [0.05, 0.1) is 12.0 Å². The number of benzene rings is 1. The highest BCUT2D eigenvalue weighted by Crippen LogP contribution is 2.10. The topological polar surface area (TPSA) is 86.6 Å². The van der Waals surface area contributed by atoms with Gasteiger partial charge in [-0.1, -0.05) is 25.1 Å². The third-order valence-corrected chi connectivity index (χ3v) is 2.93. The number of rotatable bonds is 7. The molecular formula is C14H19NO4. The average Bonchev–Trinajstić information content (AvgIpc) is 2.38. The van der Waals surface area contributed by atoms with Gasteiger partial charge in [-0.25, -0.2) is 4.79 Å². The van der Waals surface area contributed by atoms with E-state index in [1.165, 1.54) is 6.07 Å². The fourth-order valence-electron chi connectivity index (χ4n) is 1.87. The summed E-state index contributed by atoms with van der Waals surface area (Å²) in [4.78, 5) is 22.9. The minimum atomic E-state index is -1.04. The average molecular weight is 265 g/mol. The van der Waals surface area contributed by atoms with Gasteiger partial charge < -0.3 is 15.5 Å². The number of hydrogen-bond acceptors (Lipinski definition) is 3. The first kappa shape index (κ1) is 15.2. The van der Waals surface area contributed by atoms with Gasteiger partial charge in [-0.15, -0.1) is 0 Å². The van der Waals surface area contributed by atoms with Gasteiger partial charge in [0.2, 0.25) is 5.91 Å². The van der Waals surface area contributed by atoms with Crippen LogP contribution < -0.4 is 5.32 Å². The van der Waals surface area contributed by atoms with Crippen LogP contribution in [0.3, 0.4) is 0 Å². The molecule has 0 aliphatic heterocycles. The lowest BCUT2D eigenvalue weighted by atomic mass is 10.0. The summed E-state index contributed by atoms with van der Waals surface area (Å²) >= 11 is 0. The molecule has 1 rings (SSSR count). The quantitative estimate of drug-likeness (QED) is 0.691. The first-order valence-electron chi connectivity index (χ1n) is 6.29. The Bertz CT molecular complexity index is 445. The summed E-state index contributed by atoms with van der Waals surface area (Å²) in [6.45, 7) is 1.94. The maximum atomic E-state index is 11.8. The van der Waals surface area contributed by atoms with Crippen LogP contribution in [0.25, 0.3) is 0 Å². The Kier molecular flexibility index (Phi) is 6.02. The number of aliphatic hydroxyl groups is 1. The van der Waals surface area contributed by atoms with E-state index in [-0.39, 0.29) is 30.5 Å². The van der Waals surface area contributed by atoms with Crippen LogP contribution >= 0.6 is 0 Å². The number of carbonyl (C=O) groups excluding carboxylic acids is 1. The molecule has 19 heavy (non-hydrogen) atoms. The summed E-state index contributed by atoms with van der Waals surface area (Å²) in [7, 11) is 0. The molecule has 0 heterocycles. The number of amides is 1. The summed E-state index contributed by atoms with van der Waals surface area (Å²) in [6.07, 6.45) is 1.26. The van der Waals surface area contributed by atoms with Crippen molar-refractivity contribution in [3.8, 4) is 0 Å². The number of hydrogen-bond donors (Lipinski definition) is 3. The monoisotopic (exact) mass is 265 g/mol. The lowest BCUT2D eigenvalue weighted by Gasteiger charge is -2.16. The fourth-order valence-corrected chi connectivity index (χ4v) is 1.87. The second-order valence-corrected chi connectivity index (χ2v) is 4.32. The lowest BCUT2D eigenvalue weighted by Crippen LogP contribution is -2.36. The maximum Gasteiger partial charge on any atom is 0.335 e. The van der Waals surface area contributed by atoms with Crippen molar-refractivity contribution in [2.24, 2.45) is 0 Å². The predicted octanol–water partition coefficient (Wildman–Crippen LogP) is 1.20. The van der Waals surface area contributed by atoms with Gasteiger partial charge in [0.15, 0.2) is 0 Å². The molecule has 1 atom stereocenters. The highest BCUT2D eigenvalue weighted by molar-refractivity contribution is 5.91. The molecule has 5 heteroatoms. The minimum absolute atomic E-state index is 0.0184. The third kappa shape index (κ3) is 4.71. The molecule has 0 bridgehead atoms. The normalized spacial score (nSPS) is 11.9. The number of aromatic carboxylic acids is 1. The standard InChI is InChI=1S/C14H19NO4/c1-2-11(7-8-16)15-13(17)9-10-5-3-4-6-12(10)14(18)19/h3-6,11,16H,2,7-9H2,1H3,(H,15,17)(H,18,19). The molecule has 3 N–H and O–H groups in total. The van der Waals surface area contributed by atoms with Crippen molar-refractivity contribution < 1.29 is 19.8 Å². The zero-order chi connectivity index (χ0) is 14.3. The number of carboxylic acid groups (broad SMARTS) is 1. The summed E-state index contributed by atoms with van der Waals surface area (Å²) in [5.74, 6) is -1.26. The molecule has 0 fully saturated rings. The second kappa shape index (κ2) is 7.53. The van der Waals surface area contributed by atoms with Gasteiger partial charge in [-0.05, 0) is 24.5 Å². The molecule has 104 valence electrons. The minimum Gasteiger partial charge on any atom is -0.478 e. The Morgan fingerprint density at radius 1 is 1.32 bits per heavy atom. The second-order valence-electron chi connectivity index (χ2n) is 4.32. The number of nitrogens with one attached hydrogen (secondary N) is 1. The van der Waals surface area contributed by atoms with E-state index in [2.05, 4.69) is 5.32 Å². The van der Waals surface area contributed by atoms with Crippen molar-refractivity contribution in [3.63, 3.8) is 0 Å². The van der Waals surface area contributed by atoms with Crippen molar-refractivity contribution >= 4 is 11.9 Å². The molecular weight excluding hydrogens is 246 g/mol. The molecule has 1 amide bonds. The van der Waals surface area contributed by atoms with E-state index in [4.69, 9.17) is 10.2 Å². The van der Waals surface area contributed by atoms with E-state index >= 15 is 0 Å². The molecule has 0 aromatic heterocycles. The van der Waals surface area contributed by atoms with Gasteiger partial charge >= 0.3 is 5.97 Å². The summed E-state index contributed by atoms with van der Waals surface area (Å²) in [5.41, 5.74) is 0.638. The van der Waals surface area contributed by atoms with E-state index in [1.54, 1.807) is 18.2 Å². The van der Waals surface area contributed by atoms with Crippen molar-refractivity contribution in [1.29, 1.82) is 0 Å². The molecule has 0 saturated heterocycles. The maximum absolute atomic E-state index is 11.8. The van der Waals surface area contributed by atoms with E-state index in [0.717, 1.165) is 6.42 Å². The van der Waals surface area contributed by atoms with Crippen molar-refractivity contribution in [2.75, 3.05) is 6.61 Å². The molecule has 5 nitrogen and oxygen atoms in total. The van der Waals surface area contributed by atoms with Crippen LogP contribution in [0.1, 0.15) is 35.7 Å². The summed E-state index contributed by atoms with van der Waals surface area (Å²) in [6, 6.07) is 6.38. The van der Waals surface area contributed by atoms with Gasteiger partial charge in [-0.2, -0.15) is 0 Å². The van der Waals surface area contributed by atoms with Crippen molar-refractivity contribution in [3.05, 3.63) is 35.4 Å². The Labute approximate surface area is 112 Å². The van der Waals surface area contributed by atoms with Crippen LogP contribution in [0.15, 0.2) is 24.3 Å². The van der Waals surface area contributed by atoms with Gasteiger partial charge in [0.25, 0.3) is 0 Å². The van der Waals surface area contributed by atoms with E-state index in [0.29, 0.717) is 12.0 Å². The van der Waals surface area contributed by atoms with Crippen LogP contribution in [0.5, 0.6) is 0 Å². The Morgan fingerprint density at radius 3 is 2.58 bits per heavy atom. The molecule has 0 aliphatic rings. The SMILES string of the molecule is CCC(CCO)NC(=O)Cc1ccccc1C(=O)O. The third-order valence-electron chi connectivity index (χ3n) is 2.93. The molecule has 0 radical (unpaired) electrons. The van der Waals surface area contributed by atoms with Crippen LogP contribution in [-0.2, 0) is 11.2 Å². The molecule has 0 aliphatic carbocycles. The van der Waals surface area contributed by atoms with Crippen LogP contribution in [0.2, 0.25) is 0 Å². The first-order chi connectivity index (χ1) is 9.08.